The number of nitrogens with zero attached hydrogens (tertiary/aromatic N) is 3. The highest BCUT2D eigenvalue weighted by Crippen LogP contribution is 2.37. The highest BCUT2D eigenvalue weighted by atomic mass is 35.5. The Kier molecular flexibility index (Phi) is 4.74. The number of halogens is 1. The van der Waals surface area contributed by atoms with Gasteiger partial charge in [0.15, 0.2) is 11.5 Å². The molecule has 0 aliphatic carbocycles. The Morgan fingerprint density at radius 2 is 1.96 bits per heavy atom. The number of fused-ring (bicyclic) bond motifs is 1. The molecule has 5 nitrogen and oxygen atoms in total. The monoisotopic (exact) mass is 371 g/mol. The second-order valence-electron chi connectivity index (χ2n) is 6.59. The molecule has 1 saturated heterocycles. The van der Waals surface area contributed by atoms with Gasteiger partial charge in [-0.2, -0.15) is 0 Å². The van der Waals surface area contributed by atoms with E-state index in [0.29, 0.717) is 11.1 Å². The summed E-state index contributed by atoms with van der Waals surface area (Å²) in [7, 11) is 3.34. The number of methoxy groups -OCH3 is 2. The lowest BCUT2D eigenvalue weighted by molar-refractivity contribution is 0.245. The first-order chi connectivity index (χ1) is 12.7. The maximum Gasteiger partial charge on any atom is 0.161 e. The van der Waals surface area contributed by atoms with Crippen LogP contribution in [0.4, 0.5) is 0 Å². The van der Waals surface area contributed by atoms with E-state index >= 15 is 0 Å². The fraction of sp³-hybridized carbons (Fsp3) is 0.350. The van der Waals surface area contributed by atoms with Gasteiger partial charge in [0.25, 0.3) is 0 Å². The fourth-order valence-electron chi connectivity index (χ4n) is 3.75. The predicted molar refractivity (Wildman–Crippen MR) is 102 cm³/mol. The highest BCUT2D eigenvalue weighted by molar-refractivity contribution is 6.30. The fourth-order valence-corrected chi connectivity index (χ4v) is 3.92. The smallest absolute Gasteiger partial charge is 0.161 e. The first-order valence-electron chi connectivity index (χ1n) is 8.77. The van der Waals surface area contributed by atoms with Crippen molar-refractivity contribution in [3.05, 3.63) is 59.0 Å². The number of rotatable bonds is 5. The molecule has 1 atom stereocenters. The number of pyridine rings is 1. The van der Waals surface area contributed by atoms with E-state index in [2.05, 4.69) is 23.2 Å². The van der Waals surface area contributed by atoms with Gasteiger partial charge in [0, 0.05) is 25.0 Å². The summed E-state index contributed by atoms with van der Waals surface area (Å²) in [5.41, 5.74) is 3.23. The standard InChI is InChI=1S/C20H22ClN3O2/c1-25-18-7-5-14(10-19(18)26-2)17-4-3-9-23(17)12-16-13-24-11-15(21)6-8-20(24)22-16/h5-8,10-11,13,17H,3-4,9,12H2,1-2H3. The normalized spacial score (nSPS) is 17.7. The molecule has 4 rings (SSSR count). The molecule has 26 heavy (non-hydrogen) atoms. The van der Waals surface area contributed by atoms with Crippen LogP contribution in [0.2, 0.25) is 5.02 Å². The Labute approximate surface area is 158 Å². The van der Waals surface area contributed by atoms with Crippen LogP contribution in [0.25, 0.3) is 5.65 Å². The summed E-state index contributed by atoms with van der Waals surface area (Å²) >= 11 is 6.07. The molecule has 6 heteroatoms. The van der Waals surface area contributed by atoms with Gasteiger partial charge in [-0.25, -0.2) is 4.98 Å². The lowest BCUT2D eigenvalue weighted by atomic mass is 10.0. The van der Waals surface area contributed by atoms with Crippen LogP contribution in [-0.2, 0) is 6.54 Å². The van der Waals surface area contributed by atoms with Crippen molar-refractivity contribution in [2.75, 3.05) is 20.8 Å². The zero-order valence-electron chi connectivity index (χ0n) is 15.0. The van der Waals surface area contributed by atoms with E-state index in [-0.39, 0.29) is 0 Å². The van der Waals surface area contributed by atoms with Crippen molar-refractivity contribution in [2.45, 2.75) is 25.4 Å². The van der Waals surface area contributed by atoms with Crippen LogP contribution in [0.5, 0.6) is 11.5 Å². The average molecular weight is 372 g/mol. The maximum atomic E-state index is 6.07. The van der Waals surface area contributed by atoms with Crippen LogP contribution >= 0.6 is 11.6 Å². The number of imidazole rings is 1. The van der Waals surface area contributed by atoms with Crippen LogP contribution < -0.4 is 9.47 Å². The Hall–Kier alpha value is -2.24. The molecule has 0 bridgehead atoms. The molecule has 0 saturated carbocycles. The number of ether oxygens (including phenoxy) is 2. The summed E-state index contributed by atoms with van der Waals surface area (Å²) in [6.07, 6.45) is 6.27. The molecule has 0 amide bonds. The van der Waals surface area contributed by atoms with Gasteiger partial charge in [0.1, 0.15) is 5.65 Å². The Morgan fingerprint density at radius 3 is 2.77 bits per heavy atom. The predicted octanol–water partition coefficient (Wildman–Crippen LogP) is 4.34. The van der Waals surface area contributed by atoms with Crippen LogP contribution in [0.3, 0.4) is 0 Å². The topological polar surface area (TPSA) is 39.0 Å². The maximum absolute atomic E-state index is 6.07. The Morgan fingerprint density at radius 1 is 1.12 bits per heavy atom. The summed E-state index contributed by atoms with van der Waals surface area (Å²) in [5.74, 6) is 1.54. The number of hydrogen-bond acceptors (Lipinski definition) is 4. The summed E-state index contributed by atoms with van der Waals surface area (Å²) in [6.45, 7) is 1.88. The lowest BCUT2D eigenvalue weighted by Gasteiger charge is -2.24. The molecule has 2 aromatic heterocycles. The molecular formula is C20H22ClN3O2. The first kappa shape index (κ1) is 17.2. The van der Waals surface area contributed by atoms with Crippen molar-refractivity contribution < 1.29 is 9.47 Å². The van der Waals surface area contributed by atoms with E-state index in [4.69, 9.17) is 26.1 Å². The molecule has 1 aliphatic heterocycles. The largest absolute Gasteiger partial charge is 0.493 e. The molecule has 0 radical (unpaired) electrons. The molecule has 3 heterocycles. The summed E-state index contributed by atoms with van der Waals surface area (Å²) in [5, 5.41) is 0.714. The summed E-state index contributed by atoms with van der Waals surface area (Å²) in [6, 6.07) is 10.4. The van der Waals surface area contributed by atoms with Gasteiger partial charge in [-0.15, -0.1) is 0 Å². The van der Waals surface area contributed by atoms with Crippen LogP contribution in [0, 0.1) is 0 Å². The zero-order chi connectivity index (χ0) is 18.1. The van der Waals surface area contributed by atoms with Crippen LogP contribution in [0.15, 0.2) is 42.7 Å². The van der Waals surface area contributed by atoms with Gasteiger partial charge in [-0.05, 0) is 49.2 Å². The van der Waals surface area contributed by atoms with E-state index in [9.17, 15) is 0 Å². The summed E-state index contributed by atoms with van der Waals surface area (Å²) in [4.78, 5) is 7.20. The molecule has 1 fully saturated rings. The van der Waals surface area contributed by atoms with Gasteiger partial charge < -0.3 is 13.9 Å². The summed E-state index contributed by atoms with van der Waals surface area (Å²) < 4.78 is 12.8. The number of benzene rings is 1. The lowest BCUT2D eigenvalue weighted by Crippen LogP contribution is -2.23. The molecule has 3 aromatic rings. The van der Waals surface area contributed by atoms with Crippen LogP contribution in [0.1, 0.15) is 30.1 Å². The molecule has 1 unspecified atom stereocenters. The van der Waals surface area contributed by atoms with Crippen molar-refractivity contribution in [3.8, 4) is 11.5 Å². The van der Waals surface area contributed by atoms with E-state index in [0.717, 1.165) is 42.4 Å². The molecule has 0 N–H and O–H groups in total. The van der Waals surface area contributed by atoms with Gasteiger partial charge in [-0.3, -0.25) is 4.90 Å². The van der Waals surface area contributed by atoms with E-state index in [1.807, 2.05) is 28.8 Å². The number of aromatic nitrogens is 2. The Balaban J connectivity index is 1.58. The Bertz CT molecular complexity index is 925. The molecule has 1 aliphatic rings. The zero-order valence-corrected chi connectivity index (χ0v) is 15.7. The van der Waals surface area contributed by atoms with Gasteiger partial charge >= 0.3 is 0 Å². The van der Waals surface area contributed by atoms with Crippen molar-refractivity contribution in [2.24, 2.45) is 0 Å². The minimum absolute atomic E-state index is 0.364. The first-order valence-corrected chi connectivity index (χ1v) is 9.15. The van der Waals surface area contributed by atoms with Gasteiger partial charge in [0.05, 0.1) is 24.9 Å². The van der Waals surface area contributed by atoms with Gasteiger partial charge in [-0.1, -0.05) is 17.7 Å². The van der Waals surface area contributed by atoms with Crippen molar-refractivity contribution in [3.63, 3.8) is 0 Å². The third-order valence-electron chi connectivity index (χ3n) is 4.99. The van der Waals surface area contributed by atoms with E-state index in [1.54, 1.807) is 14.2 Å². The third kappa shape index (κ3) is 3.24. The molecule has 0 spiro atoms. The second-order valence-corrected chi connectivity index (χ2v) is 7.02. The molecule has 136 valence electrons. The second kappa shape index (κ2) is 7.17. The average Bonchev–Trinajstić information content (AvgIpc) is 3.27. The quantitative estimate of drug-likeness (QED) is 0.668. The van der Waals surface area contributed by atoms with Gasteiger partial charge in [0.2, 0.25) is 0 Å². The number of likely N-dealkylation sites (tertiary alicyclic amines) is 1. The SMILES string of the molecule is COc1ccc(C2CCCN2Cc2cn3cc(Cl)ccc3n2)cc1OC. The molecular weight excluding hydrogens is 350 g/mol. The van der Waals surface area contributed by atoms with E-state index < -0.39 is 0 Å². The minimum atomic E-state index is 0.364. The third-order valence-corrected chi connectivity index (χ3v) is 5.21. The van der Waals surface area contributed by atoms with E-state index in [1.165, 1.54) is 12.0 Å². The van der Waals surface area contributed by atoms with Crippen LogP contribution in [-0.4, -0.2) is 35.0 Å². The van der Waals surface area contributed by atoms with Crippen molar-refractivity contribution >= 4 is 17.2 Å². The van der Waals surface area contributed by atoms with Crippen molar-refractivity contribution in [1.29, 1.82) is 0 Å². The molecule has 1 aromatic carbocycles. The minimum Gasteiger partial charge on any atom is -0.493 e. The number of hydrogen-bond donors (Lipinski definition) is 0. The highest BCUT2D eigenvalue weighted by Gasteiger charge is 2.27. The van der Waals surface area contributed by atoms with Crippen molar-refractivity contribution in [1.82, 2.24) is 14.3 Å².